The van der Waals surface area contributed by atoms with Gasteiger partial charge >= 0.3 is 0 Å². The van der Waals surface area contributed by atoms with Gasteiger partial charge in [-0.15, -0.1) is 0 Å². The number of hydrogen-bond acceptors (Lipinski definition) is 8. The van der Waals surface area contributed by atoms with Gasteiger partial charge in [0, 0.05) is 23.2 Å². The highest BCUT2D eigenvalue weighted by molar-refractivity contribution is 7.91. The summed E-state index contributed by atoms with van der Waals surface area (Å²) in [5.74, 6) is -0.430. The molecule has 1 aromatic heterocycles. The van der Waals surface area contributed by atoms with Crippen LogP contribution in [0.3, 0.4) is 0 Å². The van der Waals surface area contributed by atoms with Gasteiger partial charge in [0.15, 0.2) is 15.6 Å². The lowest BCUT2D eigenvalue weighted by Gasteiger charge is -2.11. The SMILES string of the molecule is COc1ccc(-c2onc(C)c2C)cc1S(=O)(=O)CCC(=O)Nc1ccc(S(N)(=O)=O)cc1. The van der Waals surface area contributed by atoms with Crippen LogP contribution in [0.15, 0.2) is 56.8 Å². The van der Waals surface area contributed by atoms with Gasteiger partial charge in [0.25, 0.3) is 0 Å². The third kappa shape index (κ3) is 5.59. The maximum Gasteiger partial charge on any atom is 0.238 e. The van der Waals surface area contributed by atoms with Gasteiger partial charge in [0.05, 0.1) is 23.5 Å². The first kappa shape index (κ1) is 24.4. The maximum absolute atomic E-state index is 13.0. The molecule has 176 valence electrons. The maximum atomic E-state index is 13.0. The number of hydrogen-bond donors (Lipinski definition) is 2. The fourth-order valence-electron chi connectivity index (χ4n) is 3.03. The molecule has 3 N–H and O–H groups in total. The average molecular weight is 494 g/mol. The van der Waals surface area contributed by atoms with Crippen molar-refractivity contribution in [3.05, 3.63) is 53.7 Å². The lowest BCUT2D eigenvalue weighted by Crippen LogP contribution is -2.18. The van der Waals surface area contributed by atoms with Crippen molar-refractivity contribution in [1.82, 2.24) is 5.16 Å². The zero-order valence-electron chi connectivity index (χ0n) is 18.2. The molecule has 33 heavy (non-hydrogen) atoms. The summed E-state index contributed by atoms with van der Waals surface area (Å²) in [4.78, 5) is 12.1. The Morgan fingerprint density at radius 3 is 2.30 bits per heavy atom. The van der Waals surface area contributed by atoms with E-state index in [1.165, 1.54) is 43.5 Å². The smallest absolute Gasteiger partial charge is 0.238 e. The number of aromatic nitrogens is 1. The van der Waals surface area contributed by atoms with E-state index in [0.29, 0.717) is 22.7 Å². The lowest BCUT2D eigenvalue weighted by atomic mass is 10.1. The predicted molar refractivity (Wildman–Crippen MR) is 121 cm³/mol. The summed E-state index contributed by atoms with van der Waals surface area (Å²) in [5, 5.41) is 11.5. The Bertz CT molecular complexity index is 1390. The highest BCUT2D eigenvalue weighted by Gasteiger charge is 2.23. The quantitative estimate of drug-likeness (QED) is 0.484. The number of benzene rings is 2. The topological polar surface area (TPSA) is 159 Å². The number of sulfone groups is 1. The van der Waals surface area contributed by atoms with E-state index in [1.807, 2.05) is 6.92 Å². The van der Waals surface area contributed by atoms with Crippen molar-refractivity contribution in [3.63, 3.8) is 0 Å². The predicted octanol–water partition coefficient (Wildman–Crippen LogP) is 2.42. The van der Waals surface area contributed by atoms with Crippen molar-refractivity contribution in [1.29, 1.82) is 0 Å². The first-order valence-electron chi connectivity index (χ1n) is 9.69. The number of primary sulfonamides is 1. The van der Waals surface area contributed by atoms with Crippen molar-refractivity contribution in [3.8, 4) is 17.1 Å². The van der Waals surface area contributed by atoms with Crippen LogP contribution in [-0.2, 0) is 24.7 Å². The standard InChI is InChI=1S/C21H23N3O7S2/c1-13-14(2)24-31-21(13)15-4-9-18(30-3)19(12-15)32(26,27)11-10-20(25)23-16-5-7-17(8-6-16)33(22,28)29/h4-9,12H,10-11H2,1-3H3,(H,23,25)(H2,22,28,29). The van der Waals surface area contributed by atoms with E-state index in [4.69, 9.17) is 14.4 Å². The van der Waals surface area contributed by atoms with Gasteiger partial charge in [-0.05, 0) is 56.3 Å². The number of nitrogens with two attached hydrogens (primary N) is 1. The molecule has 0 saturated heterocycles. The minimum atomic E-state index is -3.90. The Morgan fingerprint density at radius 2 is 1.76 bits per heavy atom. The molecule has 12 heteroatoms. The Labute approximate surface area is 191 Å². The first-order valence-corrected chi connectivity index (χ1v) is 12.9. The van der Waals surface area contributed by atoms with Crippen LogP contribution >= 0.6 is 0 Å². The largest absolute Gasteiger partial charge is 0.495 e. The molecule has 0 saturated carbocycles. The molecule has 0 aliphatic heterocycles. The fourth-order valence-corrected chi connectivity index (χ4v) is 4.99. The number of aryl methyl sites for hydroxylation is 1. The van der Waals surface area contributed by atoms with Gasteiger partial charge in [-0.2, -0.15) is 0 Å². The van der Waals surface area contributed by atoms with Crippen LogP contribution in [0.4, 0.5) is 5.69 Å². The second-order valence-corrected chi connectivity index (χ2v) is 10.9. The number of amides is 1. The number of ether oxygens (including phenoxy) is 1. The number of nitrogens with zero attached hydrogens (tertiary/aromatic N) is 1. The third-order valence-electron chi connectivity index (χ3n) is 4.98. The van der Waals surface area contributed by atoms with E-state index < -0.39 is 31.5 Å². The van der Waals surface area contributed by atoms with Crippen LogP contribution in [-0.4, -0.2) is 40.8 Å². The molecule has 0 unspecified atom stereocenters. The van der Waals surface area contributed by atoms with Gasteiger partial charge in [0.1, 0.15) is 10.6 Å². The summed E-state index contributed by atoms with van der Waals surface area (Å²) >= 11 is 0. The second kappa shape index (κ2) is 9.33. The van der Waals surface area contributed by atoms with Crippen LogP contribution in [0, 0.1) is 13.8 Å². The highest BCUT2D eigenvalue weighted by atomic mass is 32.2. The third-order valence-corrected chi connectivity index (χ3v) is 7.64. The van der Waals surface area contributed by atoms with Crippen LogP contribution in [0.1, 0.15) is 17.7 Å². The van der Waals surface area contributed by atoms with Gasteiger partial charge in [0.2, 0.25) is 15.9 Å². The highest BCUT2D eigenvalue weighted by Crippen LogP contribution is 2.33. The molecule has 0 aliphatic carbocycles. The van der Waals surface area contributed by atoms with Crippen LogP contribution < -0.4 is 15.2 Å². The molecule has 0 aliphatic rings. The van der Waals surface area contributed by atoms with Crippen LogP contribution in [0.25, 0.3) is 11.3 Å². The summed E-state index contributed by atoms with van der Waals surface area (Å²) < 4.78 is 59.2. The van der Waals surface area contributed by atoms with E-state index in [2.05, 4.69) is 10.5 Å². The van der Waals surface area contributed by atoms with E-state index in [1.54, 1.807) is 13.0 Å². The summed E-state index contributed by atoms with van der Waals surface area (Å²) in [7, 11) is -6.39. The normalized spacial score (nSPS) is 11.9. The van der Waals surface area contributed by atoms with E-state index in [9.17, 15) is 21.6 Å². The molecule has 0 atom stereocenters. The molecule has 2 aromatic carbocycles. The molecule has 10 nitrogen and oxygen atoms in total. The molecule has 1 amide bonds. The van der Waals surface area contributed by atoms with E-state index in [-0.39, 0.29) is 22.0 Å². The van der Waals surface area contributed by atoms with Crippen molar-refractivity contribution in [2.75, 3.05) is 18.2 Å². The summed E-state index contributed by atoms with van der Waals surface area (Å²) in [6, 6.07) is 9.83. The minimum absolute atomic E-state index is 0.0683. The molecule has 3 rings (SSSR count). The number of methoxy groups -OCH3 is 1. The Morgan fingerprint density at radius 1 is 1.09 bits per heavy atom. The number of rotatable bonds is 8. The molecular formula is C21H23N3O7S2. The van der Waals surface area contributed by atoms with Gasteiger partial charge in [-0.1, -0.05) is 5.16 Å². The Balaban J connectivity index is 1.76. The zero-order chi connectivity index (χ0) is 24.4. The molecule has 0 spiro atoms. The molecule has 0 fully saturated rings. The van der Waals surface area contributed by atoms with Crippen molar-refractivity contribution in [2.45, 2.75) is 30.1 Å². The van der Waals surface area contributed by atoms with Gasteiger partial charge in [-0.25, -0.2) is 22.0 Å². The number of nitrogens with one attached hydrogen (secondary N) is 1. The monoisotopic (exact) mass is 493 g/mol. The average Bonchev–Trinajstić information content (AvgIpc) is 3.10. The molecule has 3 aromatic rings. The summed E-state index contributed by atoms with van der Waals surface area (Å²) in [5.41, 5.74) is 2.31. The van der Waals surface area contributed by atoms with Crippen molar-refractivity contribution < 1.29 is 30.9 Å². The molecular weight excluding hydrogens is 470 g/mol. The minimum Gasteiger partial charge on any atom is -0.495 e. The van der Waals surface area contributed by atoms with Crippen LogP contribution in [0.5, 0.6) is 5.75 Å². The molecule has 0 bridgehead atoms. The number of carbonyl (C=O) groups excluding carboxylic acids is 1. The fraction of sp³-hybridized carbons (Fsp3) is 0.238. The summed E-state index contributed by atoms with van der Waals surface area (Å²) in [6.07, 6.45) is -0.326. The summed E-state index contributed by atoms with van der Waals surface area (Å²) in [6.45, 7) is 3.60. The molecule has 0 radical (unpaired) electrons. The Kier molecular flexibility index (Phi) is 6.91. The van der Waals surface area contributed by atoms with Gasteiger partial charge in [-0.3, -0.25) is 4.79 Å². The van der Waals surface area contributed by atoms with E-state index in [0.717, 1.165) is 5.56 Å². The lowest BCUT2D eigenvalue weighted by molar-refractivity contribution is -0.115. The van der Waals surface area contributed by atoms with Gasteiger partial charge < -0.3 is 14.6 Å². The second-order valence-electron chi connectivity index (χ2n) is 7.27. The van der Waals surface area contributed by atoms with E-state index >= 15 is 0 Å². The number of carbonyl (C=O) groups is 1. The zero-order valence-corrected chi connectivity index (χ0v) is 19.8. The number of anilines is 1. The van der Waals surface area contributed by atoms with Crippen LogP contribution in [0.2, 0.25) is 0 Å². The van der Waals surface area contributed by atoms with Crippen molar-refractivity contribution >= 4 is 31.5 Å². The number of sulfonamides is 1. The Hall–Kier alpha value is -3.22. The molecule has 1 heterocycles. The van der Waals surface area contributed by atoms with Crippen molar-refractivity contribution in [2.24, 2.45) is 5.14 Å². The first-order chi connectivity index (χ1) is 15.4.